The Kier molecular flexibility index (Phi) is 21.3. The van der Waals surface area contributed by atoms with Crippen molar-refractivity contribution in [3.05, 3.63) is 69.9 Å². The molecule has 230 valence electrons. The van der Waals surface area contributed by atoms with Gasteiger partial charge in [-0.25, -0.2) is 4.57 Å². The van der Waals surface area contributed by atoms with Gasteiger partial charge < -0.3 is 19.3 Å². The van der Waals surface area contributed by atoms with Gasteiger partial charge in [0.25, 0.3) is 0 Å². The maximum atomic E-state index is 11.5. The van der Waals surface area contributed by atoms with Gasteiger partial charge >= 0.3 is 7.82 Å². The molecular weight excluding hydrogens is 523 g/mol. The molecule has 0 bridgehead atoms. The highest BCUT2D eigenvalue weighted by molar-refractivity contribution is 7.46. The minimum atomic E-state index is -4.66. The summed E-state index contributed by atoms with van der Waals surface area (Å²) in [6.45, 7) is 19.3. The van der Waals surface area contributed by atoms with E-state index in [1.165, 1.54) is 33.4 Å². The maximum absolute atomic E-state index is 11.5. The lowest BCUT2D eigenvalue weighted by Crippen LogP contribution is -2.35. The molecule has 0 aliphatic rings. The van der Waals surface area contributed by atoms with E-state index in [0.717, 1.165) is 38.5 Å². The summed E-state index contributed by atoms with van der Waals surface area (Å²) in [4.78, 5) is 18.8. The second-order valence-electron chi connectivity index (χ2n) is 11.4. The van der Waals surface area contributed by atoms with Crippen LogP contribution in [0.5, 0.6) is 0 Å². The van der Waals surface area contributed by atoms with Gasteiger partial charge in [-0.15, -0.1) is 0 Å². The molecule has 0 radical (unpaired) electrons. The average molecular weight is 581 g/mol. The van der Waals surface area contributed by atoms with Crippen LogP contribution in [-0.4, -0.2) is 41.8 Å². The lowest BCUT2D eigenvalue weighted by molar-refractivity contribution is -0.0767. The van der Waals surface area contributed by atoms with E-state index in [2.05, 4.69) is 92.7 Å². The summed E-state index contributed by atoms with van der Waals surface area (Å²) in [7, 11) is -4.66. The predicted molar refractivity (Wildman–Crippen MR) is 169 cm³/mol. The Bertz CT molecular complexity index is 936. The van der Waals surface area contributed by atoms with Crippen LogP contribution in [-0.2, 0) is 18.6 Å². The van der Waals surface area contributed by atoms with Crippen molar-refractivity contribution in [1.29, 1.82) is 0 Å². The van der Waals surface area contributed by atoms with E-state index >= 15 is 0 Å². The van der Waals surface area contributed by atoms with Crippen LogP contribution in [0.2, 0.25) is 0 Å². The second kappa shape index (κ2) is 22.1. The van der Waals surface area contributed by atoms with Gasteiger partial charge in [-0.1, -0.05) is 69.9 Å². The molecule has 1 unspecified atom stereocenters. The van der Waals surface area contributed by atoms with Crippen molar-refractivity contribution >= 4 is 7.82 Å². The van der Waals surface area contributed by atoms with Crippen LogP contribution in [0.15, 0.2) is 69.9 Å². The summed E-state index contributed by atoms with van der Waals surface area (Å²) in [5.41, 5.74) is 7.58. The van der Waals surface area contributed by atoms with Gasteiger partial charge in [-0.05, 0) is 107 Å². The zero-order chi connectivity index (χ0) is 30.6. The van der Waals surface area contributed by atoms with E-state index in [1.54, 1.807) is 0 Å². The predicted octanol–water partition coefficient (Wildman–Crippen LogP) is 9.33. The van der Waals surface area contributed by atoms with E-state index in [9.17, 15) is 14.4 Å². The molecule has 0 heterocycles. The van der Waals surface area contributed by atoms with Crippen LogP contribution >= 0.6 is 7.82 Å². The van der Waals surface area contributed by atoms with Gasteiger partial charge in [-0.3, -0.25) is 4.52 Å². The van der Waals surface area contributed by atoms with Crippen molar-refractivity contribution < 1.29 is 28.3 Å². The molecule has 6 nitrogen and oxygen atoms in total. The molecule has 0 aromatic heterocycles. The van der Waals surface area contributed by atoms with Crippen LogP contribution in [0, 0.1) is 0 Å². The molecule has 0 saturated heterocycles. The zero-order valence-corrected chi connectivity index (χ0v) is 27.6. The summed E-state index contributed by atoms with van der Waals surface area (Å²) in [6.07, 6.45) is 18.2. The molecule has 0 aromatic carbocycles. The summed E-state index contributed by atoms with van der Waals surface area (Å²) < 4.78 is 28.9. The first-order chi connectivity index (χ1) is 18.7. The number of phosphoric acid groups is 1. The summed E-state index contributed by atoms with van der Waals surface area (Å²) in [5, 5.41) is 0. The monoisotopic (exact) mass is 580 g/mol. The zero-order valence-electron chi connectivity index (χ0n) is 26.7. The number of allylic oxidation sites excluding steroid dienone is 9. The van der Waals surface area contributed by atoms with Crippen molar-refractivity contribution in [1.82, 2.24) is 0 Å². The normalized spacial score (nSPS) is 14.5. The van der Waals surface area contributed by atoms with Gasteiger partial charge in [0.2, 0.25) is 0 Å². The third kappa shape index (κ3) is 24.3. The van der Waals surface area contributed by atoms with E-state index in [0.29, 0.717) is 19.6 Å². The minimum absolute atomic E-state index is 0.256. The molecule has 0 rings (SSSR count). The lowest BCUT2D eigenvalue weighted by atomic mass is 10.1. The molecule has 2 atom stereocenters. The molecule has 0 fully saturated rings. The molecule has 0 aromatic rings. The van der Waals surface area contributed by atoms with Gasteiger partial charge in [0.05, 0.1) is 25.9 Å². The van der Waals surface area contributed by atoms with E-state index < -0.39 is 20.0 Å². The molecule has 7 heteroatoms. The molecule has 0 aliphatic heterocycles. The maximum Gasteiger partial charge on any atom is 0.469 e. The summed E-state index contributed by atoms with van der Waals surface area (Å²) >= 11 is 0. The Labute approximate surface area is 245 Å². The SMILES string of the molecule is CC(C)=CCC/C(C)=C/COC(C/C=C(\C)CCC=C(C)C)[C@H](COP(=O)(O)O)OC/C=C(\C)CCC=C(C)C. The third-order valence-corrected chi connectivity index (χ3v) is 6.76. The van der Waals surface area contributed by atoms with Crippen molar-refractivity contribution in [3.63, 3.8) is 0 Å². The molecule has 0 amide bonds. The van der Waals surface area contributed by atoms with Crippen molar-refractivity contribution in [2.75, 3.05) is 19.8 Å². The third-order valence-electron chi connectivity index (χ3n) is 6.28. The van der Waals surface area contributed by atoms with Crippen molar-refractivity contribution in [2.45, 2.75) is 119 Å². The molecule has 2 N–H and O–H groups in total. The number of hydrogen-bond acceptors (Lipinski definition) is 4. The quantitative estimate of drug-likeness (QED) is 0.104. The van der Waals surface area contributed by atoms with Gasteiger partial charge in [0, 0.05) is 0 Å². The van der Waals surface area contributed by atoms with Gasteiger partial charge in [-0.2, -0.15) is 0 Å². The minimum Gasteiger partial charge on any atom is -0.371 e. The summed E-state index contributed by atoms with van der Waals surface area (Å²) in [5.74, 6) is 0. The highest BCUT2D eigenvalue weighted by Gasteiger charge is 2.26. The molecule has 0 aliphatic carbocycles. The van der Waals surface area contributed by atoms with Gasteiger partial charge in [0.15, 0.2) is 0 Å². The average Bonchev–Trinajstić information content (AvgIpc) is 2.82. The fourth-order valence-corrected chi connectivity index (χ4v) is 4.12. The molecule has 0 saturated carbocycles. The lowest BCUT2D eigenvalue weighted by Gasteiger charge is -2.26. The Balaban J connectivity index is 5.65. The van der Waals surface area contributed by atoms with Gasteiger partial charge in [0.1, 0.15) is 6.10 Å². The van der Waals surface area contributed by atoms with E-state index in [-0.39, 0.29) is 6.61 Å². The van der Waals surface area contributed by atoms with Crippen LogP contribution in [0.4, 0.5) is 0 Å². The number of phosphoric ester groups is 1. The Morgan fingerprint density at radius 2 is 0.975 bits per heavy atom. The second-order valence-corrected chi connectivity index (χ2v) is 12.6. The standard InChI is InChI=1S/C33H57O6P/c1-26(2)13-10-16-29(7)19-20-32(37-23-21-30(8)17-11-14-27(3)4)33(25-39-40(34,35)36)38-24-22-31(9)18-12-15-28(5)6/h13-15,19,21-22,32-33H,10-12,16-18,20,23-25H2,1-9H3,(H2,34,35,36)/b29-19+,30-21+,31-22+/t32?,33-/m0/s1. The Hall–Kier alpha value is -1.53. The van der Waals surface area contributed by atoms with Crippen LogP contribution in [0.25, 0.3) is 0 Å². The number of rotatable bonds is 21. The Morgan fingerprint density at radius 1 is 0.600 bits per heavy atom. The molecule has 0 spiro atoms. The van der Waals surface area contributed by atoms with Crippen LogP contribution < -0.4 is 0 Å². The van der Waals surface area contributed by atoms with Crippen molar-refractivity contribution in [3.8, 4) is 0 Å². The number of ether oxygens (including phenoxy) is 2. The van der Waals surface area contributed by atoms with Crippen LogP contribution in [0.1, 0.15) is 107 Å². The first-order valence-corrected chi connectivity index (χ1v) is 16.0. The molecular formula is C33H57O6P. The fourth-order valence-electron chi connectivity index (χ4n) is 3.78. The highest BCUT2D eigenvalue weighted by atomic mass is 31.2. The first-order valence-electron chi connectivity index (χ1n) is 14.5. The highest BCUT2D eigenvalue weighted by Crippen LogP contribution is 2.36. The smallest absolute Gasteiger partial charge is 0.371 e. The first kappa shape index (κ1) is 38.5. The van der Waals surface area contributed by atoms with E-state index in [1.807, 2.05) is 6.08 Å². The summed E-state index contributed by atoms with van der Waals surface area (Å²) in [6, 6.07) is 0. The van der Waals surface area contributed by atoms with E-state index in [4.69, 9.17) is 14.0 Å². The largest absolute Gasteiger partial charge is 0.469 e. The van der Waals surface area contributed by atoms with Crippen molar-refractivity contribution in [2.24, 2.45) is 0 Å². The number of hydrogen-bond donors (Lipinski definition) is 2. The fraction of sp³-hybridized carbons (Fsp3) is 0.636. The molecule has 40 heavy (non-hydrogen) atoms. The topological polar surface area (TPSA) is 85.2 Å². The Morgan fingerprint density at radius 3 is 1.35 bits per heavy atom. The van der Waals surface area contributed by atoms with Crippen LogP contribution in [0.3, 0.4) is 0 Å².